The summed E-state index contributed by atoms with van der Waals surface area (Å²) in [6.45, 7) is 12.3. The molecule has 0 spiro atoms. The van der Waals surface area contributed by atoms with Gasteiger partial charge in [-0.3, -0.25) is 0 Å². The van der Waals surface area contributed by atoms with Gasteiger partial charge in [-0.1, -0.05) is 19.9 Å². The second-order valence-electron chi connectivity index (χ2n) is 4.66. The molecule has 0 radical (unpaired) electrons. The minimum Gasteiger partial charge on any atom is -0.303 e. The molecule has 0 amide bonds. The van der Waals surface area contributed by atoms with Gasteiger partial charge >= 0.3 is 0 Å². The lowest BCUT2D eigenvalue weighted by molar-refractivity contribution is 0.169. The summed E-state index contributed by atoms with van der Waals surface area (Å²) in [5.41, 5.74) is 0. The second kappa shape index (κ2) is 5.43. The molecule has 0 saturated carbocycles. The van der Waals surface area contributed by atoms with Crippen molar-refractivity contribution in [2.75, 3.05) is 19.6 Å². The number of piperidine rings is 1. The topological polar surface area (TPSA) is 3.24 Å². The van der Waals surface area contributed by atoms with Gasteiger partial charge < -0.3 is 4.90 Å². The highest BCUT2D eigenvalue weighted by Crippen LogP contribution is 2.20. The Kier molecular flexibility index (Phi) is 4.51. The van der Waals surface area contributed by atoms with Crippen LogP contribution in [0, 0.1) is 11.8 Å². The van der Waals surface area contributed by atoms with E-state index in [1.807, 2.05) is 0 Å². The van der Waals surface area contributed by atoms with Gasteiger partial charge in [0.15, 0.2) is 0 Å². The van der Waals surface area contributed by atoms with Gasteiger partial charge in [-0.2, -0.15) is 0 Å². The quantitative estimate of drug-likeness (QED) is 0.603. The Bertz CT molecular complexity index is 143. The molecule has 1 saturated heterocycles. The minimum atomic E-state index is 0.816. The van der Waals surface area contributed by atoms with Crippen LogP contribution in [0.15, 0.2) is 12.7 Å². The van der Waals surface area contributed by atoms with Gasteiger partial charge in [0, 0.05) is 6.54 Å². The predicted octanol–water partition coefficient (Wildman–Crippen LogP) is 2.93. The molecule has 1 aliphatic rings. The number of hydrogen-bond donors (Lipinski definition) is 0. The third kappa shape index (κ3) is 3.95. The zero-order valence-electron chi connectivity index (χ0n) is 9.13. The van der Waals surface area contributed by atoms with E-state index in [0.717, 1.165) is 11.8 Å². The number of allylic oxidation sites excluding steroid dienone is 1. The number of rotatable bonds is 4. The molecule has 0 atom stereocenters. The van der Waals surface area contributed by atoms with Crippen LogP contribution in [0.5, 0.6) is 0 Å². The Labute approximate surface area is 82.8 Å². The smallest absolute Gasteiger partial charge is 0.000439 e. The molecule has 0 unspecified atom stereocenters. The number of hydrogen-bond acceptors (Lipinski definition) is 1. The molecule has 1 rings (SSSR count). The zero-order chi connectivity index (χ0) is 9.68. The molecule has 0 aromatic heterocycles. The van der Waals surface area contributed by atoms with Crippen LogP contribution in [0.1, 0.15) is 33.1 Å². The average Bonchev–Trinajstić information content (AvgIpc) is 2.08. The van der Waals surface area contributed by atoms with Crippen molar-refractivity contribution < 1.29 is 0 Å². The summed E-state index contributed by atoms with van der Waals surface area (Å²) in [4.78, 5) is 2.60. The average molecular weight is 181 g/mol. The summed E-state index contributed by atoms with van der Waals surface area (Å²) in [5, 5.41) is 0. The first kappa shape index (κ1) is 10.8. The molecule has 13 heavy (non-hydrogen) atoms. The van der Waals surface area contributed by atoms with Gasteiger partial charge in [0.05, 0.1) is 0 Å². The summed E-state index contributed by atoms with van der Waals surface area (Å²) in [6.07, 6.45) is 6.04. The van der Waals surface area contributed by atoms with E-state index in [2.05, 4.69) is 31.4 Å². The summed E-state index contributed by atoms with van der Waals surface area (Å²) >= 11 is 0. The van der Waals surface area contributed by atoms with Crippen LogP contribution in [0.3, 0.4) is 0 Å². The highest BCUT2D eigenvalue weighted by atomic mass is 15.1. The van der Waals surface area contributed by atoms with Crippen molar-refractivity contribution >= 4 is 0 Å². The van der Waals surface area contributed by atoms with Gasteiger partial charge in [-0.15, -0.1) is 6.58 Å². The Balaban J connectivity index is 2.18. The molecule has 1 aliphatic heterocycles. The standard InChI is InChI=1S/C12H23N/c1-4-5-12-6-8-13(9-7-12)10-11(2)3/h4,11-12H,1,5-10H2,2-3H3. The molecule has 0 aliphatic carbocycles. The van der Waals surface area contributed by atoms with Gasteiger partial charge in [0.1, 0.15) is 0 Å². The fraction of sp³-hybridized carbons (Fsp3) is 0.833. The van der Waals surface area contributed by atoms with Gasteiger partial charge in [-0.25, -0.2) is 0 Å². The highest BCUT2D eigenvalue weighted by Gasteiger charge is 2.18. The van der Waals surface area contributed by atoms with Crippen molar-refractivity contribution in [1.29, 1.82) is 0 Å². The molecule has 0 aromatic rings. The SMILES string of the molecule is C=CCC1CCN(CC(C)C)CC1. The molecule has 0 aromatic carbocycles. The molecule has 1 heterocycles. The lowest BCUT2D eigenvalue weighted by Crippen LogP contribution is -2.35. The van der Waals surface area contributed by atoms with Crippen molar-refractivity contribution in [3.05, 3.63) is 12.7 Å². The molecular formula is C12H23N. The Morgan fingerprint density at radius 2 is 2.00 bits per heavy atom. The van der Waals surface area contributed by atoms with E-state index in [1.165, 1.54) is 38.9 Å². The van der Waals surface area contributed by atoms with Crippen molar-refractivity contribution in [3.63, 3.8) is 0 Å². The Hall–Kier alpha value is -0.300. The molecule has 76 valence electrons. The van der Waals surface area contributed by atoms with E-state index < -0.39 is 0 Å². The first-order chi connectivity index (χ1) is 6.22. The van der Waals surface area contributed by atoms with Crippen LogP contribution in [-0.4, -0.2) is 24.5 Å². The van der Waals surface area contributed by atoms with E-state index >= 15 is 0 Å². The van der Waals surface area contributed by atoms with Crippen LogP contribution in [0.4, 0.5) is 0 Å². The minimum absolute atomic E-state index is 0.816. The van der Waals surface area contributed by atoms with Crippen molar-refractivity contribution in [2.45, 2.75) is 33.1 Å². The Morgan fingerprint density at radius 1 is 1.38 bits per heavy atom. The van der Waals surface area contributed by atoms with Gasteiger partial charge in [0.25, 0.3) is 0 Å². The van der Waals surface area contributed by atoms with Crippen molar-refractivity contribution in [2.24, 2.45) is 11.8 Å². The van der Waals surface area contributed by atoms with Crippen LogP contribution < -0.4 is 0 Å². The summed E-state index contributed by atoms with van der Waals surface area (Å²) in [6, 6.07) is 0. The number of nitrogens with zero attached hydrogens (tertiary/aromatic N) is 1. The lowest BCUT2D eigenvalue weighted by atomic mass is 9.93. The Morgan fingerprint density at radius 3 is 2.46 bits per heavy atom. The van der Waals surface area contributed by atoms with Crippen LogP contribution in [0.2, 0.25) is 0 Å². The summed E-state index contributed by atoms with van der Waals surface area (Å²) in [5.74, 6) is 1.73. The van der Waals surface area contributed by atoms with E-state index in [4.69, 9.17) is 0 Å². The second-order valence-corrected chi connectivity index (χ2v) is 4.66. The maximum atomic E-state index is 3.81. The highest BCUT2D eigenvalue weighted by molar-refractivity contribution is 4.79. The fourth-order valence-corrected chi connectivity index (χ4v) is 2.16. The van der Waals surface area contributed by atoms with Crippen LogP contribution in [-0.2, 0) is 0 Å². The summed E-state index contributed by atoms with van der Waals surface area (Å²) < 4.78 is 0. The maximum absolute atomic E-state index is 3.81. The van der Waals surface area contributed by atoms with Crippen molar-refractivity contribution in [1.82, 2.24) is 4.90 Å². The van der Waals surface area contributed by atoms with Gasteiger partial charge in [-0.05, 0) is 44.2 Å². The maximum Gasteiger partial charge on any atom is 0.000439 e. The largest absolute Gasteiger partial charge is 0.303 e. The fourth-order valence-electron chi connectivity index (χ4n) is 2.16. The monoisotopic (exact) mass is 181 g/mol. The lowest BCUT2D eigenvalue weighted by Gasteiger charge is -2.32. The first-order valence-electron chi connectivity index (χ1n) is 5.55. The van der Waals surface area contributed by atoms with Gasteiger partial charge in [0.2, 0.25) is 0 Å². The first-order valence-corrected chi connectivity index (χ1v) is 5.55. The van der Waals surface area contributed by atoms with E-state index in [1.54, 1.807) is 0 Å². The predicted molar refractivity (Wildman–Crippen MR) is 58.8 cm³/mol. The molecule has 1 fully saturated rings. The molecule has 0 N–H and O–H groups in total. The molecule has 1 nitrogen and oxygen atoms in total. The van der Waals surface area contributed by atoms with E-state index in [0.29, 0.717) is 0 Å². The summed E-state index contributed by atoms with van der Waals surface area (Å²) in [7, 11) is 0. The van der Waals surface area contributed by atoms with Crippen molar-refractivity contribution in [3.8, 4) is 0 Å². The van der Waals surface area contributed by atoms with Crippen LogP contribution in [0.25, 0.3) is 0 Å². The normalized spacial score (nSPS) is 20.8. The third-order valence-electron chi connectivity index (χ3n) is 2.83. The molecule has 0 bridgehead atoms. The van der Waals surface area contributed by atoms with E-state index in [-0.39, 0.29) is 0 Å². The molecular weight excluding hydrogens is 158 g/mol. The zero-order valence-corrected chi connectivity index (χ0v) is 9.13. The third-order valence-corrected chi connectivity index (χ3v) is 2.83. The number of likely N-dealkylation sites (tertiary alicyclic amines) is 1. The molecule has 1 heteroatoms. The van der Waals surface area contributed by atoms with Crippen LogP contribution >= 0.6 is 0 Å². The van der Waals surface area contributed by atoms with E-state index in [9.17, 15) is 0 Å².